The van der Waals surface area contributed by atoms with Gasteiger partial charge in [-0.3, -0.25) is 4.79 Å². The van der Waals surface area contributed by atoms with Crippen molar-refractivity contribution in [3.63, 3.8) is 0 Å². The first-order valence-electron chi connectivity index (χ1n) is 6.87. The van der Waals surface area contributed by atoms with Gasteiger partial charge in [-0.05, 0) is 19.1 Å². The van der Waals surface area contributed by atoms with E-state index in [0.717, 1.165) is 0 Å². The Balaban J connectivity index is 1.97. The van der Waals surface area contributed by atoms with E-state index in [4.69, 9.17) is 14.3 Å². The Kier molecular flexibility index (Phi) is 5.48. The van der Waals surface area contributed by atoms with Gasteiger partial charge in [-0.25, -0.2) is 9.37 Å². The van der Waals surface area contributed by atoms with Crippen LogP contribution >= 0.6 is 0 Å². The summed E-state index contributed by atoms with van der Waals surface area (Å²) in [6.45, 7) is 2.37. The van der Waals surface area contributed by atoms with E-state index >= 15 is 0 Å². The molecule has 118 valence electrons. The SMILES string of the molecule is CCN(CCO)C(=O)c1coc(COc2cccc(F)c2)n1. The molecule has 0 aliphatic carbocycles. The second-order valence-electron chi connectivity index (χ2n) is 4.48. The minimum Gasteiger partial charge on any atom is -0.484 e. The Morgan fingerprint density at radius 1 is 1.50 bits per heavy atom. The first kappa shape index (κ1) is 16.0. The smallest absolute Gasteiger partial charge is 0.275 e. The molecule has 1 aromatic heterocycles. The zero-order valence-electron chi connectivity index (χ0n) is 12.2. The summed E-state index contributed by atoms with van der Waals surface area (Å²) in [5.41, 5.74) is 0.146. The van der Waals surface area contributed by atoms with E-state index in [1.54, 1.807) is 6.07 Å². The molecular weight excluding hydrogens is 291 g/mol. The van der Waals surface area contributed by atoms with Crippen molar-refractivity contribution in [1.29, 1.82) is 0 Å². The Labute approximate surface area is 127 Å². The van der Waals surface area contributed by atoms with E-state index in [2.05, 4.69) is 4.98 Å². The normalized spacial score (nSPS) is 10.5. The number of hydrogen-bond donors (Lipinski definition) is 1. The lowest BCUT2D eigenvalue weighted by Gasteiger charge is -2.17. The van der Waals surface area contributed by atoms with Crippen molar-refractivity contribution in [2.75, 3.05) is 19.7 Å². The van der Waals surface area contributed by atoms with Crippen LogP contribution in [0, 0.1) is 5.82 Å². The van der Waals surface area contributed by atoms with Gasteiger partial charge in [0.1, 0.15) is 17.8 Å². The molecule has 0 aliphatic heterocycles. The summed E-state index contributed by atoms with van der Waals surface area (Å²) in [4.78, 5) is 17.6. The maximum atomic E-state index is 13.0. The fourth-order valence-electron chi connectivity index (χ4n) is 1.86. The third kappa shape index (κ3) is 4.05. The average Bonchev–Trinajstić information content (AvgIpc) is 2.99. The van der Waals surface area contributed by atoms with Crippen LogP contribution in [0.25, 0.3) is 0 Å². The fourth-order valence-corrected chi connectivity index (χ4v) is 1.86. The second-order valence-corrected chi connectivity index (χ2v) is 4.48. The van der Waals surface area contributed by atoms with Crippen LogP contribution in [0.1, 0.15) is 23.3 Å². The number of carbonyl (C=O) groups excluding carboxylic acids is 1. The van der Waals surface area contributed by atoms with E-state index < -0.39 is 5.82 Å². The zero-order chi connectivity index (χ0) is 15.9. The van der Waals surface area contributed by atoms with Crippen molar-refractivity contribution in [2.24, 2.45) is 0 Å². The molecule has 0 unspecified atom stereocenters. The number of rotatable bonds is 7. The molecule has 1 aromatic carbocycles. The van der Waals surface area contributed by atoms with Crippen LogP contribution in [0.15, 0.2) is 34.9 Å². The molecule has 0 fully saturated rings. The van der Waals surface area contributed by atoms with Crippen LogP contribution in [-0.2, 0) is 6.61 Å². The van der Waals surface area contributed by atoms with Gasteiger partial charge in [-0.2, -0.15) is 0 Å². The Bertz CT molecular complexity index is 630. The van der Waals surface area contributed by atoms with Crippen LogP contribution in [0.2, 0.25) is 0 Å². The van der Waals surface area contributed by atoms with Gasteiger partial charge < -0.3 is 19.2 Å². The van der Waals surface area contributed by atoms with Gasteiger partial charge in [0.15, 0.2) is 12.3 Å². The quantitative estimate of drug-likeness (QED) is 0.845. The number of hydrogen-bond acceptors (Lipinski definition) is 5. The Morgan fingerprint density at radius 3 is 3.00 bits per heavy atom. The number of nitrogens with zero attached hydrogens (tertiary/aromatic N) is 2. The summed E-state index contributed by atoms with van der Waals surface area (Å²) in [7, 11) is 0. The third-order valence-electron chi connectivity index (χ3n) is 2.97. The highest BCUT2D eigenvalue weighted by Gasteiger charge is 2.18. The molecule has 2 aromatic rings. The van der Waals surface area contributed by atoms with Crippen LogP contribution in [0.5, 0.6) is 5.75 Å². The van der Waals surface area contributed by atoms with Gasteiger partial charge in [0.2, 0.25) is 5.89 Å². The second kappa shape index (κ2) is 7.56. The summed E-state index contributed by atoms with van der Waals surface area (Å²) in [6.07, 6.45) is 1.24. The number of ether oxygens (including phenoxy) is 1. The molecule has 0 saturated carbocycles. The van der Waals surface area contributed by atoms with Gasteiger partial charge >= 0.3 is 0 Å². The lowest BCUT2D eigenvalue weighted by molar-refractivity contribution is 0.0726. The van der Waals surface area contributed by atoms with E-state index in [0.29, 0.717) is 12.3 Å². The summed E-state index contributed by atoms with van der Waals surface area (Å²) < 4.78 is 23.5. The van der Waals surface area contributed by atoms with Gasteiger partial charge in [0.05, 0.1) is 6.61 Å². The van der Waals surface area contributed by atoms with Crippen molar-refractivity contribution >= 4 is 5.91 Å². The molecule has 22 heavy (non-hydrogen) atoms. The lowest BCUT2D eigenvalue weighted by atomic mass is 10.3. The molecular formula is C15H17FN2O4. The van der Waals surface area contributed by atoms with E-state index in [-0.39, 0.29) is 37.3 Å². The number of carbonyl (C=O) groups is 1. The lowest BCUT2D eigenvalue weighted by Crippen LogP contribution is -2.33. The number of aliphatic hydroxyl groups excluding tert-OH is 1. The summed E-state index contributed by atoms with van der Waals surface area (Å²) in [5.74, 6) is -0.158. The Morgan fingerprint density at radius 2 is 2.32 bits per heavy atom. The van der Waals surface area contributed by atoms with Crippen LogP contribution < -0.4 is 4.74 Å². The van der Waals surface area contributed by atoms with Crippen molar-refractivity contribution in [2.45, 2.75) is 13.5 Å². The van der Waals surface area contributed by atoms with Crippen LogP contribution in [0.3, 0.4) is 0 Å². The predicted molar refractivity (Wildman–Crippen MR) is 75.9 cm³/mol. The summed E-state index contributed by atoms with van der Waals surface area (Å²) in [6, 6.07) is 5.70. The molecule has 1 N–H and O–H groups in total. The molecule has 6 nitrogen and oxygen atoms in total. The third-order valence-corrected chi connectivity index (χ3v) is 2.97. The molecule has 0 saturated heterocycles. The molecule has 0 spiro atoms. The standard InChI is InChI=1S/C15H17FN2O4/c1-2-18(6-7-19)15(20)13-9-22-14(17-13)10-21-12-5-3-4-11(16)8-12/h3-5,8-9,19H,2,6-7,10H2,1H3. The number of amides is 1. The van der Waals surface area contributed by atoms with Gasteiger partial charge in [-0.15, -0.1) is 0 Å². The molecule has 7 heteroatoms. The monoisotopic (exact) mass is 308 g/mol. The van der Waals surface area contributed by atoms with Crippen molar-refractivity contribution in [3.05, 3.63) is 47.9 Å². The number of likely N-dealkylation sites (N-methyl/N-ethyl adjacent to an activating group) is 1. The zero-order valence-corrected chi connectivity index (χ0v) is 12.2. The topological polar surface area (TPSA) is 75.8 Å². The number of benzene rings is 1. The Hall–Kier alpha value is -2.41. The van der Waals surface area contributed by atoms with Gasteiger partial charge in [0.25, 0.3) is 5.91 Å². The van der Waals surface area contributed by atoms with E-state index in [1.165, 1.54) is 29.4 Å². The maximum absolute atomic E-state index is 13.0. The number of aliphatic hydroxyl groups is 1. The molecule has 1 heterocycles. The summed E-state index contributed by atoms with van der Waals surface area (Å²) in [5, 5.41) is 8.91. The average molecular weight is 308 g/mol. The highest BCUT2D eigenvalue weighted by molar-refractivity contribution is 5.91. The predicted octanol–water partition coefficient (Wildman–Crippen LogP) is 1.85. The van der Waals surface area contributed by atoms with E-state index in [9.17, 15) is 9.18 Å². The highest BCUT2D eigenvalue weighted by Crippen LogP contribution is 2.14. The number of halogens is 1. The largest absolute Gasteiger partial charge is 0.484 e. The molecule has 1 amide bonds. The molecule has 0 aliphatic rings. The van der Waals surface area contributed by atoms with Crippen LogP contribution in [-0.4, -0.2) is 40.6 Å². The minimum absolute atomic E-state index is 0.0111. The molecule has 0 radical (unpaired) electrons. The van der Waals surface area contributed by atoms with Crippen molar-refractivity contribution in [3.8, 4) is 5.75 Å². The molecule has 0 atom stereocenters. The summed E-state index contributed by atoms with van der Waals surface area (Å²) >= 11 is 0. The van der Waals surface area contributed by atoms with Crippen LogP contribution in [0.4, 0.5) is 4.39 Å². The number of aromatic nitrogens is 1. The fraction of sp³-hybridized carbons (Fsp3) is 0.333. The highest BCUT2D eigenvalue weighted by atomic mass is 19.1. The van der Waals surface area contributed by atoms with Gasteiger partial charge in [0, 0.05) is 19.2 Å². The first-order valence-corrected chi connectivity index (χ1v) is 6.87. The first-order chi connectivity index (χ1) is 10.6. The minimum atomic E-state index is -0.400. The van der Waals surface area contributed by atoms with Crippen molar-refractivity contribution in [1.82, 2.24) is 9.88 Å². The van der Waals surface area contributed by atoms with E-state index in [1.807, 2.05) is 6.92 Å². The van der Waals surface area contributed by atoms with Gasteiger partial charge in [-0.1, -0.05) is 6.07 Å². The number of oxazole rings is 1. The van der Waals surface area contributed by atoms with Crippen molar-refractivity contribution < 1.29 is 23.4 Å². The maximum Gasteiger partial charge on any atom is 0.275 e. The molecule has 2 rings (SSSR count). The molecule has 0 bridgehead atoms.